The lowest BCUT2D eigenvalue weighted by molar-refractivity contribution is -0.384. The van der Waals surface area contributed by atoms with Gasteiger partial charge in [-0.15, -0.1) is 0 Å². The molecule has 108 valence electrons. The first-order valence-corrected chi connectivity index (χ1v) is 6.78. The minimum Gasteiger partial charge on any atom is -0.398 e. The summed E-state index contributed by atoms with van der Waals surface area (Å²) in [7, 11) is 0. The van der Waals surface area contributed by atoms with E-state index < -0.39 is 0 Å². The van der Waals surface area contributed by atoms with Gasteiger partial charge in [0, 0.05) is 31.0 Å². The third-order valence-electron chi connectivity index (χ3n) is 3.79. The number of nitrogens with zero attached hydrogens (tertiary/aromatic N) is 3. The maximum absolute atomic E-state index is 11.2. The first kappa shape index (κ1) is 13.4. The molecule has 0 fully saturated rings. The third-order valence-corrected chi connectivity index (χ3v) is 3.79. The van der Waals surface area contributed by atoms with Gasteiger partial charge in [-0.05, 0) is 36.1 Å². The number of aromatic nitrogens is 1. The van der Waals surface area contributed by atoms with Gasteiger partial charge in [0.25, 0.3) is 0 Å². The fourth-order valence-corrected chi connectivity index (χ4v) is 2.71. The number of anilines is 2. The highest BCUT2D eigenvalue weighted by Crippen LogP contribution is 2.32. The van der Waals surface area contributed by atoms with Crippen LogP contribution in [0, 0.1) is 17.0 Å². The van der Waals surface area contributed by atoms with Crippen LogP contribution in [0.5, 0.6) is 0 Å². The summed E-state index contributed by atoms with van der Waals surface area (Å²) < 4.78 is 0. The maximum atomic E-state index is 11.2. The molecule has 6 heteroatoms. The Hall–Kier alpha value is -2.63. The van der Waals surface area contributed by atoms with Gasteiger partial charge in [-0.1, -0.05) is 12.1 Å². The van der Waals surface area contributed by atoms with Crippen molar-refractivity contribution in [2.45, 2.75) is 19.9 Å². The SMILES string of the molecule is Cc1cnc(N2CCc3cccc(N)c3C2)c([N+](=O)[O-])c1. The number of hydrogen-bond donors (Lipinski definition) is 1. The van der Waals surface area contributed by atoms with Crippen LogP contribution in [-0.4, -0.2) is 16.5 Å². The van der Waals surface area contributed by atoms with Gasteiger partial charge in [-0.25, -0.2) is 4.98 Å². The number of nitrogens with two attached hydrogens (primary N) is 1. The van der Waals surface area contributed by atoms with Crippen molar-refractivity contribution >= 4 is 17.2 Å². The van der Waals surface area contributed by atoms with Gasteiger partial charge in [-0.2, -0.15) is 0 Å². The number of aryl methyl sites for hydroxylation is 1. The van der Waals surface area contributed by atoms with E-state index in [0.717, 1.165) is 23.2 Å². The number of rotatable bonds is 2. The fourth-order valence-electron chi connectivity index (χ4n) is 2.71. The van der Waals surface area contributed by atoms with Crippen molar-refractivity contribution in [3.63, 3.8) is 0 Å². The second kappa shape index (κ2) is 5.05. The van der Waals surface area contributed by atoms with Crippen molar-refractivity contribution in [2.24, 2.45) is 0 Å². The van der Waals surface area contributed by atoms with E-state index in [2.05, 4.69) is 11.1 Å². The molecule has 0 atom stereocenters. The van der Waals surface area contributed by atoms with Crippen LogP contribution < -0.4 is 10.6 Å². The van der Waals surface area contributed by atoms with Crippen molar-refractivity contribution in [1.29, 1.82) is 0 Å². The number of benzene rings is 1. The first-order valence-electron chi connectivity index (χ1n) is 6.78. The van der Waals surface area contributed by atoms with Crippen molar-refractivity contribution in [1.82, 2.24) is 4.98 Å². The molecule has 6 nitrogen and oxygen atoms in total. The molecule has 2 N–H and O–H groups in total. The van der Waals surface area contributed by atoms with Crippen LogP contribution in [0.2, 0.25) is 0 Å². The molecular formula is C15H16N4O2. The highest BCUT2D eigenvalue weighted by Gasteiger charge is 2.25. The molecule has 2 heterocycles. The smallest absolute Gasteiger partial charge is 0.311 e. The maximum Gasteiger partial charge on any atom is 0.311 e. The zero-order chi connectivity index (χ0) is 15.0. The van der Waals surface area contributed by atoms with Gasteiger partial charge in [0.1, 0.15) is 0 Å². The molecule has 0 radical (unpaired) electrons. The first-order chi connectivity index (χ1) is 10.1. The molecule has 3 rings (SSSR count). The Morgan fingerprint density at radius 2 is 2.24 bits per heavy atom. The highest BCUT2D eigenvalue weighted by atomic mass is 16.6. The number of nitrogen functional groups attached to an aromatic ring is 1. The molecule has 2 aromatic rings. The van der Waals surface area contributed by atoms with Crippen molar-refractivity contribution in [3.05, 3.63) is 57.3 Å². The summed E-state index contributed by atoms with van der Waals surface area (Å²) >= 11 is 0. The van der Waals surface area contributed by atoms with Crippen LogP contribution in [0.3, 0.4) is 0 Å². The molecule has 0 bridgehead atoms. The summed E-state index contributed by atoms with van der Waals surface area (Å²) in [4.78, 5) is 17.1. The molecule has 0 saturated heterocycles. The molecule has 21 heavy (non-hydrogen) atoms. The van der Waals surface area contributed by atoms with Gasteiger partial charge in [-0.3, -0.25) is 10.1 Å². The number of hydrogen-bond acceptors (Lipinski definition) is 5. The lowest BCUT2D eigenvalue weighted by Gasteiger charge is -2.30. The molecule has 0 amide bonds. The predicted molar refractivity (Wildman–Crippen MR) is 81.2 cm³/mol. The minimum atomic E-state index is -0.376. The average molecular weight is 284 g/mol. The minimum absolute atomic E-state index is 0.0490. The van der Waals surface area contributed by atoms with Crippen molar-refractivity contribution < 1.29 is 4.92 Å². The molecule has 0 aliphatic carbocycles. The second-order valence-electron chi connectivity index (χ2n) is 5.27. The molecule has 0 spiro atoms. The molecule has 0 unspecified atom stereocenters. The summed E-state index contributed by atoms with van der Waals surface area (Å²) in [6.45, 7) is 3.06. The standard InChI is InChI=1S/C15H16N4O2/c1-10-7-14(19(20)21)15(17-8-10)18-6-5-11-3-2-4-13(16)12(11)9-18/h2-4,7-8H,5-6,9,16H2,1H3. The molecule has 1 aromatic carbocycles. The molecule has 0 saturated carbocycles. The Bertz CT molecular complexity index is 715. The highest BCUT2D eigenvalue weighted by molar-refractivity contribution is 5.62. The fraction of sp³-hybridized carbons (Fsp3) is 0.267. The van der Waals surface area contributed by atoms with Crippen LogP contribution in [0.4, 0.5) is 17.2 Å². The van der Waals surface area contributed by atoms with E-state index in [9.17, 15) is 10.1 Å². The van der Waals surface area contributed by atoms with E-state index in [4.69, 9.17) is 5.73 Å². The van der Waals surface area contributed by atoms with Crippen molar-refractivity contribution in [3.8, 4) is 0 Å². The van der Waals surface area contributed by atoms with Crippen LogP contribution in [0.1, 0.15) is 16.7 Å². The normalized spacial score (nSPS) is 13.9. The van der Waals surface area contributed by atoms with Crippen LogP contribution >= 0.6 is 0 Å². The quantitative estimate of drug-likeness (QED) is 0.520. The Balaban J connectivity index is 2.00. The monoisotopic (exact) mass is 284 g/mol. The summed E-state index contributed by atoms with van der Waals surface area (Å²) in [6, 6.07) is 7.42. The Labute approximate surface area is 122 Å². The Kier molecular flexibility index (Phi) is 3.21. The van der Waals surface area contributed by atoms with Gasteiger partial charge in [0.2, 0.25) is 5.82 Å². The zero-order valence-electron chi connectivity index (χ0n) is 11.7. The van der Waals surface area contributed by atoms with E-state index in [0.29, 0.717) is 18.9 Å². The lowest BCUT2D eigenvalue weighted by atomic mass is 9.98. The number of pyridine rings is 1. The van der Waals surface area contributed by atoms with E-state index in [-0.39, 0.29) is 10.6 Å². The van der Waals surface area contributed by atoms with Crippen LogP contribution in [0.15, 0.2) is 30.5 Å². The predicted octanol–water partition coefficient (Wildman–Crippen LogP) is 2.44. The van der Waals surface area contributed by atoms with Gasteiger partial charge >= 0.3 is 5.69 Å². The summed E-state index contributed by atoms with van der Waals surface area (Å²) in [5, 5.41) is 11.2. The largest absolute Gasteiger partial charge is 0.398 e. The molecular weight excluding hydrogens is 268 g/mol. The van der Waals surface area contributed by atoms with E-state index in [1.807, 2.05) is 17.0 Å². The molecule has 1 aromatic heterocycles. The summed E-state index contributed by atoms with van der Waals surface area (Å²) in [5.74, 6) is 0.416. The van der Waals surface area contributed by atoms with E-state index in [1.54, 1.807) is 19.2 Å². The average Bonchev–Trinajstić information content (AvgIpc) is 2.47. The summed E-state index contributed by atoms with van der Waals surface area (Å²) in [6.07, 6.45) is 2.47. The van der Waals surface area contributed by atoms with Crippen LogP contribution in [0.25, 0.3) is 0 Å². The van der Waals surface area contributed by atoms with Crippen molar-refractivity contribution in [2.75, 3.05) is 17.2 Å². The third kappa shape index (κ3) is 2.40. The van der Waals surface area contributed by atoms with Crippen LogP contribution in [-0.2, 0) is 13.0 Å². The van der Waals surface area contributed by atoms with E-state index >= 15 is 0 Å². The molecule has 1 aliphatic heterocycles. The van der Waals surface area contributed by atoms with Gasteiger partial charge < -0.3 is 10.6 Å². The second-order valence-corrected chi connectivity index (χ2v) is 5.27. The number of fused-ring (bicyclic) bond motifs is 1. The van der Waals surface area contributed by atoms with Gasteiger partial charge in [0.15, 0.2) is 0 Å². The zero-order valence-corrected chi connectivity index (χ0v) is 11.7. The molecule has 1 aliphatic rings. The summed E-state index contributed by atoms with van der Waals surface area (Å²) in [5.41, 5.74) is 9.83. The number of nitro groups is 1. The Morgan fingerprint density at radius 3 is 3.00 bits per heavy atom. The Morgan fingerprint density at radius 1 is 1.43 bits per heavy atom. The lowest BCUT2D eigenvalue weighted by Crippen LogP contribution is -2.32. The van der Waals surface area contributed by atoms with E-state index in [1.165, 1.54) is 5.56 Å². The van der Waals surface area contributed by atoms with Gasteiger partial charge in [0.05, 0.1) is 4.92 Å². The topological polar surface area (TPSA) is 85.3 Å².